The number of nitrogen functional groups attached to an aromatic ring is 1. The van der Waals surface area contributed by atoms with Crippen LogP contribution < -0.4 is 16.0 Å². The maximum Gasteiger partial charge on any atom is 0.246 e. The van der Waals surface area contributed by atoms with Gasteiger partial charge in [-0.1, -0.05) is 32.6 Å². The third-order valence-electron chi connectivity index (χ3n) is 5.28. The SMILES string of the molecule is C=CC(=O)N1CCC[C@@H](Nc2ncnc(N)c2N(C=O)c2ccc(C(C)C)cc2)C1. The number of anilines is 4. The Balaban J connectivity index is 1.89. The lowest BCUT2D eigenvalue weighted by atomic mass is 10.0. The molecule has 1 saturated heterocycles. The van der Waals surface area contributed by atoms with E-state index in [2.05, 4.69) is 35.7 Å². The highest BCUT2D eigenvalue weighted by Crippen LogP contribution is 2.35. The second kappa shape index (κ2) is 9.39. The number of nitrogens with two attached hydrogens (primary N) is 1. The predicted octanol–water partition coefficient (Wildman–Crippen LogP) is 3.07. The Bertz CT molecular complexity index is 912. The van der Waals surface area contributed by atoms with Crippen LogP contribution in [0.4, 0.5) is 23.0 Å². The fourth-order valence-electron chi connectivity index (χ4n) is 3.62. The fraction of sp³-hybridized carbons (Fsp3) is 0.364. The molecule has 2 amide bonds. The van der Waals surface area contributed by atoms with Gasteiger partial charge in [-0.05, 0) is 42.5 Å². The average Bonchev–Trinajstić information content (AvgIpc) is 2.76. The number of piperidine rings is 1. The predicted molar refractivity (Wildman–Crippen MR) is 119 cm³/mol. The first kappa shape index (κ1) is 21.3. The molecule has 1 aliphatic heterocycles. The third-order valence-corrected chi connectivity index (χ3v) is 5.28. The van der Waals surface area contributed by atoms with Crippen LogP contribution >= 0.6 is 0 Å². The monoisotopic (exact) mass is 408 g/mol. The number of hydrogen-bond donors (Lipinski definition) is 2. The minimum absolute atomic E-state index is 0.0208. The summed E-state index contributed by atoms with van der Waals surface area (Å²) in [6.07, 6.45) is 5.13. The maximum absolute atomic E-state index is 12.0. The highest BCUT2D eigenvalue weighted by Gasteiger charge is 2.25. The first-order valence-electron chi connectivity index (χ1n) is 10.1. The van der Waals surface area contributed by atoms with Crippen molar-refractivity contribution < 1.29 is 9.59 Å². The van der Waals surface area contributed by atoms with Gasteiger partial charge in [0.05, 0.1) is 0 Å². The number of hydrogen-bond acceptors (Lipinski definition) is 6. The second-order valence-electron chi connectivity index (χ2n) is 7.65. The number of amides is 2. The van der Waals surface area contributed by atoms with Gasteiger partial charge in [-0.3, -0.25) is 14.5 Å². The number of aromatic nitrogens is 2. The summed E-state index contributed by atoms with van der Waals surface area (Å²) in [6, 6.07) is 7.72. The zero-order valence-electron chi connectivity index (χ0n) is 17.4. The van der Waals surface area contributed by atoms with E-state index in [1.165, 1.54) is 22.9 Å². The van der Waals surface area contributed by atoms with Gasteiger partial charge < -0.3 is 16.0 Å². The number of nitrogens with zero attached hydrogens (tertiary/aromatic N) is 4. The van der Waals surface area contributed by atoms with Crippen molar-refractivity contribution in [1.29, 1.82) is 0 Å². The Hall–Kier alpha value is -3.42. The normalized spacial score (nSPS) is 16.2. The van der Waals surface area contributed by atoms with Crippen molar-refractivity contribution in [2.45, 2.75) is 38.6 Å². The van der Waals surface area contributed by atoms with Crippen molar-refractivity contribution in [3.05, 3.63) is 48.8 Å². The molecule has 8 heteroatoms. The lowest BCUT2D eigenvalue weighted by Crippen LogP contribution is -2.44. The molecular formula is C22H28N6O2. The highest BCUT2D eigenvalue weighted by atomic mass is 16.2. The van der Waals surface area contributed by atoms with Gasteiger partial charge in [0.1, 0.15) is 12.0 Å². The van der Waals surface area contributed by atoms with Gasteiger partial charge >= 0.3 is 0 Å². The minimum atomic E-state index is -0.0938. The van der Waals surface area contributed by atoms with Crippen LogP contribution in [0.15, 0.2) is 43.2 Å². The summed E-state index contributed by atoms with van der Waals surface area (Å²) in [4.78, 5) is 35.6. The Morgan fingerprint density at radius 1 is 1.33 bits per heavy atom. The molecule has 1 aliphatic rings. The molecule has 30 heavy (non-hydrogen) atoms. The molecule has 0 aliphatic carbocycles. The van der Waals surface area contributed by atoms with E-state index in [0.29, 0.717) is 42.6 Å². The fourth-order valence-corrected chi connectivity index (χ4v) is 3.62. The minimum Gasteiger partial charge on any atom is -0.382 e. The highest BCUT2D eigenvalue weighted by molar-refractivity contribution is 5.95. The molecule has 0 bridgehead atoms. The molecular weight excluding hydrogens is 380 g/mol. The van der Waals surface area contributed by atoms with Crippen molar-refractivity contribution in [1.82, 2.24) is 14.9 Å². The Labute approximate surface area is 176 Å². The van der Waals surface area contributed by atoms with E-state index in [1.54, 1.807) is 4.90 Å². The molecule has 3 N–H and O–H groups in total. The molecule has 0 spiro atoms. The number of carbonyl (C=O) groups excluding carboxylic acids is 2. The van der Waals surface area contributed by atoms with Crippen LogP contribution in [0.3, 0.4) is 0 Å². The zero-order chi connectivity index (χ0) is 21.7. The van der Waals surface area contributed by atoms with Gasteiger partial charge in [-0.2, -0.15) is 0 Å². The van der Waals surface area contributed by atoms with Gasteiger partial charge in [0.2, 0.25) is 12.3 Å². The summed E-state index contributed by atoms with van der Waals surface area (Å²) in [5.41, 5.74) is 8.39. The molecule has 2 aromatic rings. The van der Waals surface area contributed by atoms with Crippen molar-refractivity contribution in [2.75, 3.05) is 29.0 Å². The van der Waals surface area contributed by atoms with Crippen LogP contribution in [0, 0.1) is 0 Å². The molecule has 0 radical (unpaired) electrons. The topological polar surface area (TPSA) is 104 Å². The molecule has 1 fully saturated rings. The first-order valence-corrected chi connectivity index (χ1v) is 10.1. The molecule has 1 aromatic carbocycles. The lowest BCUT2D eigenvalue weighted by Gasteiger charge is -2.33. The number of carbonyl (C=O) groups is 2. The molecule has 1 atom stereocenters. The molecule has 0 saturated carbocycles. The summed E-state index contributed by atoms with van der Waals surface area (Å²) in [7, 11) is 0. The van der Waals surface area contributed by atoms with Crippen LogP contribution in [0.25, 0.3) is 0 Å². The molecule has 0 unspecified atom stereocenters. The van der Waals surface area contributed by atoms with Crippen molar-refractivity contribution >= 4 is 35.3 Å². The van der Waals surface area contributed by atoms with Crippen molar-refractivity contribution in [3.63, 3.8) is 0 Å². The summed E-state index contributed by atoms with van der Waals surface area (Å²) in [6.45, 7) is 9.01. The van der Waals surface area contributed by atoms with E-state index in [4.69, 9.17) is 5.73 Å². The van der Waals surface area contributed by atoms with Crippen LogP contribution in [0.1, 0.15) is 38.2 Å². The average molecular weight is 409 g/mol. The number of rotatable bonds is 7. The number of likely N-dealkylation sites (tertiary alicyclic amines) is 1. The van der Waals surface area contributed by atoms with Crippen LogP contribution in [-0.4, -0.2) is 46.3 Å². The molecule has 3 rings (SSSR count). The van der Waals surface area contributed by atoms with Gasteiger partial charge in [0, 0.05) is 24.8 Å². The third kappa shape index (κ3) is 4.59. The van der Waals surface area contributed by atoms with Gasteiger partial charge in [0.25, 0.3) is 0 Å². The number of nitrogens with one attached hydrogen (secondary N) is 1. The van der Waals surface area contributed by atoms with Gasteiger partial charge in [-0.15, -0.1) is 0 Å². The van der Waals surface area contributed by atoms with E-state index in [-0.39, 0.29) is 17.8 Å². The smallest absolute Gasteiger partial charge is 0.246 e. The summed E-state index contributed by atoms with van der Waals surface area (Å²) >= 11 is 0. The molecule has 8 nitrogen and oxygen atoms in total. The van der Waals surface area contributed by atoms with E-state index in [1.807, 2.05) is 24.3 Å². The van der Waals surface area contributed by atoms with E-state index >= 15 is 0 Å². The number of benzene rings is 1. The first-order chi connectivity index (χ1) is 14.4. The van der Waals surface area contributed by atoms with E-state index < -0.39 is 0 Å². The summed E-state index contributed by atoms with van der Waals surface area (Å²) in [5, 5.41) is 3.35. The van der Waals surface area contributed by atoms with Gasteiger partial charge in [0.15, 0.2) is 11.6 Å². The van der Waals surface area contributed by atoms with Crippen LogP contribution in [-0.2, 0) is 9.59 Å². The van der Waals surface area contributed by atoms with Crippen molar-refractivity contribution in [2.24, 2.45) is 0 Å². The Kier molecular flexibility index (Phi) is 6.66. The largest absolute Gasteiger partial charge is 0.382 e. The van der Waals surface area contributed by atoms with Gasteiger partial charge in [-0.25, -0.2) is 9.97 Å². The molecule has 2 heterocycles. The Morgan fingerprint density at radius 3 is 2.70 bits per heavy atom. The van der Waals surface area contributed by atoms with E-state index in [9.17, 15) is 9.59 Å². The van der Waals surface area contributed by atoms with E-state index in [0.717, 1.165) is 12.8 Å². The lowest BCUT2D eigenvalue weighted by molar-refractivity contribution is -0.127. The van der Waals surface area contributed by atoms with Crippen molar-refractivity contribution in [3.8, 4) is 0 Å². The maximum atomic E-state index is 12.0. The van der Waals surface area contributed by atoms with Crippen LogP contribution in [0.2, 0.25) is 0 Å². The summed E-state index contributed by atoms with van der Waals surface area (Å²) < 4.78 is 0. The Morgan fingerprint density at radius 2 is 2.07 bits per heavy atom. The second-order valence-corrected chi connectivity index (χ2v) is 7.65. The van der Waals surface area contributed by atoms with Crippen LogP contribution in [0.5, 0.6) is 0 Å². The standard InChI is InChI=1S/C22H28N6O2/c1-4-19(30)27-11-5-6-17(12-27)26-22-20(21(23)24-13-25-22)28(14-29)18-9-7-16(8-10-18)15(2)3/h4,7-10,13-15,17H,1,5-6,11-12H2,2-3H3,(H3,23,24,25,26)/t17-/m1/s1. The molecule has 158 valence electrons. The quantitative estimate of drug-likeness (QED) is 0.539. The molecule has 1 aromatic heterocycles. The zero-order valence-corrected chi connectivity index (χ0v) is 17.4. The summed E-state index contributed by atoms with van der Waals surface area (Å²) in [5.74, 6) is 0.949.